The maximum atomic E-state index is 11.4. The Morgan fingerprint density at radius 2 is 1.95 bits per heavy atom. The lowest BCUT2D eigenvalue weighted by Gasteiger charge is -2.14. The monoisotopic (exact) mass is 300 g/mol. The molecule has 0 bridgehead atoms. The number of methoxy groups -OCH3 is 1. The number of benzene rings is 1. The molecule has 0 spiro atoms. The summed E-state index contributed by atoms with van der Waals surface area (Å²) in [6.45, 7) is 2.50. The van der Waals surface area contributed by atoms with Gasteiger partial charge in [-0.1, -0.05) is 19.1 Å². The minimum atomic E-state index is -3.65. The normalized spacial score (nSPS) is 12.9. The van der Waals surface area contributed by atoms with Crippen LogP contribution in [0.2, 0.25) is 0 Å². The molecule has 112 valence electrons. The van der Waals surface area contributed by atoms with E-state index < -0.39 is 10.0 Å². The van der Waals surface area contributed by atoms with E-state index in [4.69, 9.17) is 5.14 Å². The van der Waals surface area contributed by atoms with Gasteiger partial charge < -0.3 is 10.1 Å². The zero-order valence-corrected chi connectivity index (χ0v) is 12.4. The van der Waals surface area contributed by atoms with E-state index in [0.29, 0.717) is 19.4 Å². The van der Waals surface area contributed by atoms with Crippen LogP contribution in [0.5, 0.6) is 0 Å². The molecule has 20 heavy (non-hydrogen) atoms. The van der Waals surface area contributed by atoms with E-state index in [1.807, 2.05) is 6.92 Å². The number of hydrogen-bond donors (Lipinski definition) is 2. The van der Waals surface area contributed by atoms with Gasteiger partial charge in [0.2, 0.25) is 10.0 Å². The van der Waals surface area contributed by atoms with Crippen LogP contribution < -0.4 is 10.5 Å². The van der Waals surface area contributed by atoms with Crippen LogP contribution in [0.4, 0.5) is 0 Å². The van der Waals surface area contributed by atoms with Crippen molar-refractivity contribution in [1.29, 1.82) is 0 Å². The molecule has 0 saturated carbocycles. The Bertz CT molecular complexity index is 540. The third-order valence-corrected chi connectivity index (χ3v) is 3.88. The van der Waals surface area contributed by atoms with Crippen molar-refractivity contribution < 1.29 is 17.9 Å². The molecule has 1 atom stereocenters. The predicted octanol–water partition coefficient (Wildman–Crippen LogP) is 0.418. The highest BCUT2D eigenvalue weighted by molar-refractivity contribution is 7.89. The van der Waals surface area contributed by atoms with Crippen LogP contribution in [0.25, 0.3) is 0 Å². The van der Waals surface area contributed by atoms with Gasteiger partial charge in [-0.25, -0.2) is 13.6 Å². The summed E-state index contributed by atoms with van der Waals surface area (Å²) in [5.74, 6) is -0.280. The summed E-state index contributed by atoms with van der Waals surface area (Å²) < 4.78 is 26.9. The first kappa shape index (κ1) is 16.6. The van der Waals surface area contributed by atoms with E-state index in [0.717, 1.165) is 5.56 Å². The number of nitrogens with two attached hydrogens (primary N) is 1. The van der Waals surface area contributed by atoms with Crippen molar-refractivity contribution in [3.63, 3.8) is 0 Å². The Balaban J connectivity index is 2.52. The van der Waals surface area contributed by atoms with Crippen LogP contribution >= 0.6 is 0 Å². The lowest BCUT2D eigenvalue weighted by atomic mass is 10.1. The summed E-state index contributed by atoms with van der Waals surface area (Å²) in [5.41, 5.74) is 0.963. The predicted molar refractivity (Wildman–Crippen MR) is 75.6 cm³/mol. The third-order valence-electron chi connectivity index (χ3n) is 2.95. The highest BCUT2D eigenvalue weighted by Crippen LogP contribution is 2.09. The van der Waals surface area contributed by atoms with Crippen LogP contribution in [-0.4, -0.2) is 34.1 Å². The van der Waals surface area contributed by atoms with Crippen LogP contribution in [-0.2, 0) is 26.0 Å². The lowest BCUT2D eigenvalue weighted by Crippen LogP contribution is -2.38. The number of nitrogens with one attached hydrogen (secondary N) is 1. The number of carbonyl (C=O) groups is 1. The van der Waals surface area contributed by atoms with Crippen molar-refractivity contribution in [2.24, 2.45) is 5.14 Å². The second kappa shape index (κ2) is 7.37. The molecular formula is C13H20N2O4S. The zero-order valence-electron chi connectivity index (χ0n) is 11.6. The van der Waals surface area contributed by atoms with Gasteiger partial charge in [0, 0.05) is 0 Å². The Morgan fingerprint density at radius 3 is 2.40 bits per heavy atom. The quantitative estimate of drug-likeness (QED) is 0.711. The molecule has 0 fully saturated rings. The summed E-state index contributed by atoms with van der Waals surface area (Å²) in [7, 11) is -2.29. The first-order valence-corrected chi connectivity index (χ1v) is 7.86. The van der Waals surface area contributed by atoms with E-state index >= 15 is 0 Å². The molecule has 7 heteroatoms. The number of esters is 1. The van der Waals surface area contributed by atoms with Gasteiger partial charge in [-0.2, -0.15) is 0 Å². The highest BCUT2D eigenvalue weighted by atomic mass is 32.2. The molecular weight excluding hydrogens is 280 g/mol. The fourth-order valence-corrected chi connectivity index (χ4v) is 2.29. The number of primary sulfonamides is 1. The number of sulfonamides is 1. The van der Waals surface area contributed by atoms with E-state index in [1.54, 1.807) is 12.1 Å². The van der Waals surface area contributed by atoms with E-state index in [2.05, 4.69) is 10.1 Å². The molecule has 0 aliphatic rings. The number of rotatable bonds is 7. The van der Waals surface area contributed by atoms with Gasteiger partial charge in [-0.15, -0.1) is 0 Å². The fraction of sp³-hybridized carbons (Fsp3) is 0.462. The molecule has 0 aliphatic carbocycles. The van der Waals surface area contributed by atoms with E-state index in [1.165, 1.54) is 19.2 Å². The first-order chi connectivity index (χ1) is 9.38. The van der Waals surface area contributed by atoms with Crippen molar-refractivity contribution in [2.45, 2.75) is 30.7 Å². The Morgan fingerprint density at radius 1 is 1.35 bits per heavy atom. The number of ether oxygens (including phenoxy) is 1. The van der Waals surface area contributed by atoms with Crippen LogP contribution in [0.15, 0.2) is 29.2 Å². The van der Waals surface area contributed by atoms with Crippen LogP contribution in [0, 0.1) is 0 Å². The molecule has 6 nitrogen and oxygen atoms in total. The maximum Gasteiger partial charge on any atom is 0.322 e. The molecule has 0 amide bonds. The van der Waals surface area contributed by atoms with Crippen molar-refractivity contribution in [3.8, 4) is 0 Å². The largest absolute Gasteiger partial charge is 0.468 e. The van der Waals surface area contributed by atoms with Gasteiger partial charge in [-0.05, 0) is 37.1 Å². The van der Waals surface area contributed by atoms with Gasteiger partial charge in [-0.3, -0.25) is 4.79 Å². The summed E-state index contributed by atoms with van der Waals surface area (Å²) in [5, 5.41) is 8.12. The van der Waals surface area contributed by atoms with Gasteiger partial charge in [0.25, 0.3) is 0 Å². The van der Waals surface area contributed by atoms with Crippen molar-refractivity contribution >= 4 is 16.0 Å². The van der Waals surface area contributed by atoms with Crippen molar-refractivity contribution in [1.82, 2.24) is 5.32 Å². The molecule has 1 unspecified atom stereocenters. The molecule has 0 aromatic heterocycles. The molecule has 0 saturated heterocycles. The number of hydrogen-bond acceptors (Lipinski definition) is 5. The maximum absolute atomic E-state index is 11.4. The van der Waals surface area contributed by atoms with Crippen LogP contribution in [0.3, 0.4) is 0 Å². The van der Waals surface area contributed by atoms with Gasteiger partial charge in [0.15, 0.2) is 0 Å². The smallest absolute Gasteiger partial charge is 0.322 e. The lowest BCUT2D eigenvalue weighted by molar-refractivity contribution is -0.143. The highest BCUT2D eigenvalue weighted by Gasteiger charge is 2.15. The summed E-state index contributed by atoms with van der Waals surface area (Å²) in [6, 6.07) is 6.05. The van der Waals surface area contributed by atoms with Crippen molar-refractivity contribution in [2.75, 3.05) is 13.7 Å². The minimum Gasteiger partial charge on any atom is -0.468 e. The number of carbonyl (C=O) groups excluding carboxylic acids is 1. The Kier molecular flexibility index (Phi) is 6.12. The van der Waals surface area contributed by atoms with Gasteiger partial charge >= 0.3 is 5.97 Å². The summed E-state index contributed by atoms with van der Waals surface area (Å²) in [4.78, 5) is 11.5. The molecule has 1 aromatic carbocycles. The molecule has 0 aliphatic heterocycles. The second-order valence-corrected chi connectivity index (χ2v) is 5.94. The first-order valence-electron chi connectivity index (χ1n) is 6.31. The molecule has 1 aromatic rings. The second-order valence-electron chi connectivity index (χ2n) is 4.38. The Hall–Kier alpha value is -1.44. The molecule has 0 radical (unpaired) electrons. The zero-order chi connectivity index (χ0) is 15.2. The molecule has 3 N–H and O–H groups in total. The van der Waals surface area contributed by atoms with E-state index in [9.17, 15) is 13.2 Å². The van der Waals surface area contributed by atoms with Gasteiger partial charge in [0.05, 0.1) is 12.0 Å². The van der Waals surface area contributed by atoms with Gasteiger partial charge in [0.1, 0.15) is 6.04 Å². The SMILES string of the molecule is CCC(NCCc1ccc(S(N)(=O)=O)cc1)C(=O)OC. The van der Waals surface area contributed by atoms with E-state index in [-0.39, 0.29) is 16.9 Å². The third kappa shape index (κ3) is 4.92. The topological polar surface area (TPSA) is 98.5 Å². The van der Waals surface area contributed by atoms with Crippen LogP contribution in [0.1, 0.15) is 18.9 Å². The summed E-state index contributed by atoms with van der Waals surface area (Å²) >= 11 is 0. The average molecular weight is 300 g/mol. The molecule has 1 rings (SSSR count). The average Bonchev–Trinajstić information content (AvgIpc) is 2.42. The van der Waals surface area contributed by atoms with Crippen molar-refractivity contribution in [3.05, 3.63) is 29.8 Å². The fourth-order valence-electron chi connectivity index (χ4n) is 1.77. The molecule has 0 heterocycles. The Labute approximate surface area is 119 Å². The summed E-state index contributed by atoms with van der Waals surface area (Å²) in [6.07, 6.45) is 1.33. The standard InChI is InChI=1S/C13H20N2O4S/c1-3-12(13(16)19-2)15-9-8-10-4-6-11(7-5-10)20(14,17)18/h4-7,12,15H,3,8-9H2,1-2H3,(H2,14,17,18). The minimum absolute atomic E-state index is 0.0928.